The van der Waals surface area contributed by atoms with E-state index in [2.05, 4.69) is 27.4 Å². The summed E-state index contributed by atoms with van der Waals surface area (Å²) in [5, 5.41) is 0.635. The summed E-state index contributed by atoms with van der Waals surface area (Å²) in [7, 11) is 0. The van der Waals surface area contributed by atoms with Crippen LogP contribution in [-0.2, 0) is 17.6 Å². The third kappa shape index (κ3) is 4.25. The summed E-state index contributed by atoms with van der Waals surface area (Å²) in [5.74, 6) is -0.343. The molecule has 4 fully saturated rings. The normalized spacial score (nSPS) is 28.0. The third-order valence-corrected chi connectivity index (χ3v) is 10.7. The topological polar surface area (TPSA) is 61.8 Å². The fourth-order valence-corrected chi connectivity index (χ4v) is 8.61. The number of hydrogen-bond donors (Lipinski definition) is 0. The Balaban J connectivity index is 1.19. The molecule has 224 valence electrons. The number of nitrogens with zero attached hydrogens (tertiary/aromatic N) is 5. The number of aryl methyl sites for hydroxylation is 1. The highest BCUT2D eigenvalue weighted by Crippen LogP contribution is 2.45. The Morgan fingerprint density at radius 1 is 1.14 bits per heavy atom. The Morgan fingerprint density at radius 2 is 2.02 bits per heavy atom. The first-order valence-electron chi connectivity index (χ1n) is 15.8. The maximum Gasteiger partial charge on any atom is 0.316 e. The molecule has 0 N–H and O–H groups in total. The molecule has 5 aliphatic rings. The van der Waals surface area contributed by atoms with Gasteiger partial charge in [0.15, 0.2) is 5.82 Å². The van der Waals surface area contributed by atoms with E-state index in [1.165, 1.54) is 17.2 Å². The monoisotopic (exact) mass is 585 g/mol. The van der Waals surface area contributed by atoms with Gasteiger partial charge in [-0.1, -0.05) is 24.8 Å². The van der Waals surface area contributed by atoms with E-state index in [1.54, 1.807) is 6.20 Å². The van der Waals surface area contributed by atoms with E-state index < -0.39 is 6.17 Å². The SMILES string of the molecule is C=CC(=O)N1CCC2[C@H]1CN2c1c(F)c(-c2cccc3c2CCCC3)cc2nc(OC[C@@]34CCCN3C[C@H](F)C4)ncc12. The molecule has 4 saturated heterocycles. The highest BCUT2D eigenvalue weighted by molar-refractivity contribution is 5.97. The van der Waals surface area contributed by atoms with Crippen molar-refractivity contribution in [3.63, 3.8) is 0 Å². The molecule has 1 aromatic heterocycles. The molecule has 9 heteroatoms. The lowest BCUT2D eigenvalue weighted by molar-refractivity contribution is -0.127. The van der Waals surface area contributed by atoms with Crippen molar-refractivity contribution >= 4 is 22.5 Å². The van der Waals surface area contributed by atoms with Gasteiger partial charge in [-0.05, 0) is 80.3 Å². The number of anilines is 1. The van der Waals surface area contributed by atoms with Gasteiger partial charge in [0.05, 0.1) is 28.8 Å². The first-order valence-corrected chi connectivity index (χ1v) is 15.8. The average molecular weight is 586 g/mol. The predicted molar refractivity (Wildman–Crippen MR) is 162 cm³/mol. The molecule has 7 nitrogen and oxygen atoms in total. The molecule has 0 bridgehead atoms. The number of rotatable bonds is 6. The number of fused-ring (bicyclic) bond motifs is 4. The first kappa shape index (κ1) is 27.0. The number of alkyl halides is 1. The maximum atomic E-state index is 16.9. The van der Waals surface area contributed by atoms with Crippen molar-refractivity contribution in [1.29, 1.82) is 0 Å². The maximum absolute atomic E-state index is 16.9. The first-order chi connectivity index (χ1) is 21.0. The largest absolute Gasteiger partial charge is 0.461 e. The summed E-state index contributed by atoms with van der Waals surface area (Å²) >= 11 is 0. The molecule has 4 atom stereocenters. The quantitative estimate of drug-likeness (QED) is 0.369. The predicted octanol–water partition coefficient (Wildman–Crippen LogP) is 5.25. The van der Waals surface area contributed by atoms with Gasteiger partial charge >= 0.3 is 6.01 Å². The second-order valence-electron chi connectivity index (χ2n) is 13.0. The molecule has 1 aliphatic carbocycles. The van der Waals surface area contributed by atoms with E-state index in [0.29, 0.717) is 54.8 Å². The number of likely N-dealkylation sites (tertiary alicyclic amines) is 1. The molecule has 0 saturated carbocycles. The zero-order chi connectivity index (χ0) is 29.3. The summed E-state index contributed by atoms with van der Waals surface area (Å²) < 4.78 is 37.4. The standard InChI is InChI=1S/C34H37F2N5O2/c1-2-30(42)40-14-11-28-29(40)19-41(28)32-26-17-37-33(43-20-34-12-6-13-39(34)18-22(35)16-34)38-27(26)15-25(31(32)36)24-10-5-8-21-7-3-4-9-23(21)24/h2,5,8,10,15,17,22,28-29H,1,3-4,6-7,9,11-14,16,18-20H2/t22-,28?,29-,34+/m1/s1. The van der Waals surface area contributed by atoms with Gasteiger partial charge in [0.1, 0.15) is 12.8 Å². The number of hydrogen-bond acceptors (Lipinski definition) is 6. The van der Waals surface area contributed by atoms with Crippen LogP contribution in [0.2, 0.25) is 0 Å². The summed E-state index contributed by atoms with van der Waals surface area (Å²) in [5.41, 5.74) is 4.80. The molecule has 3 aromatic rings. The number of ether oxygens (including phenoxy) is 1. The molecular weight excluding hydrogens is 548 g/mol. The molecule has 43 heavy (non-hydrogen) atoms. The van der Waals surface area contributed by atoms with Crippen LogP contribution in [0.3, 0.4) is 0 Å². The van der Waals surface area contributed by atoms with Crippen LogP contribution in [0.1, 0.15) is 49.7 Å². The highest BCUT2D eigenvalue weighted by Gasteiger charge is 2.50. The summed E-state index contributed by atoms with van der Waals surface area (Å²) in [6.45, 7) is 6.54. The van der Waals surface area contributed by atoms with Crippen LogP contribution in [0.4, 0.5) is 14.5 Å². The van der Waals surface area contributed by atoms with E-state index in [4.69, 9.17) is 9.72 Å². The van der Waals surface area contributed by atoms with Gasteiger partial charge in [0, 0.05) is 43.2 Å². The van der Waals surface area contributed by atoms with Gasteiger partial charge in [-0.2, -0.15) is 4.98 Å². The smallest absolute Gasteiger partial charge is 0.316 e. The van der Waals surface area contributed by atoms with Crippen LogP contribution in [0.15, 0.2) is 43.1 Å². The van der Waals surface area contributed by atoms with Crippen molar-refractivity contribution in [3.8, 4) is 17.1 Å². The molecule has 0 spiro atoms. The van der Waals surface area contributed by atoms with Gasteiger partial charge in [-0.3, -0.25) is 9.69 Å². The minimum atomic E-state index is -0.833. The Hall–Kier alpha value is -3.59. The summed E-state index contributed by atoms with van der Waals surface area (Å²) in [6, 6.07) is 8.36. The van der Waals surface area contributed by atoms with Crippen molar-refractivity contribution in [2.75, 3.05) is 37.7 Å². The molecule has 1 unspecified atom stereocenters. The van der Waals surface area contributed by atoms with Crippen LogP contribution in [0, 0.1) is 5.82 Å². The molecule has 4 aliphatic heterocycles. The van der Waals surface area contributed by atoms with Gasteiger partial charge in [-0.25, -0.2) is 13.8 Å². The minimum Gasteiger partial charge on any atom is -0.461 e. The Morgan fingerprint density at radius 3 is 2.91 bits per heavy atom. The molecule has 1 amide bonds. The lowest BCUT2D eigenvalue weighted by Crippen LogP contribution is -2.63. The Bertz CT molecular complexity index is 1630. The van der Waals surface area contributed by atoms with Crippen molar-refractivity contribution in [3.05, 3.63) is 60.1 Å². The fraction of sp³-hybridized carbons (Fsp3) is 0.500. The number of aromatic nitrogens is 2. The van der Waals surface area contributed by atoms with E-state index >= 15 is 4.39 Å². The van der Waals surface area contributed by atoms with E-state index in [9.17, 15) is 9.18 Å². The van der Waals surface area contributed by atoms with Gasteiger partial charge in [0.25, 0.3) is 0 Å². The molecular formula is C34H37F2N5O2. The zero-order valence-electron chi connectivity index (χ0n) is 24.4. The Kier molecular flexibility index (Phi) is 6.44. The van der Waals surface area contributed by atoms with Crippen LogP contribution in [0.5, 0.6) is 6.01 Å². The van der Waals surface area contributed by atoms with Crippen LogP contribution < -0.4 is 9.64 Å². The van der Waals surface area contributed by atoms with Crippen molar-refractivity contribution < 1.29 is 18.3 Å². The number of benzene rings is 2. The molecule has 8 rings (SSSR count). The second kappa shape index (κ2) is 10.3. The molecule has 0 radical (unpaired) electrons. The van der Waals surface area contributed by atoms with Crippen LogP contribution in [-0.4, -0.2) is 82.3 Å². The minimum absolute atomic E-state index is 0.0286. The van der Waals surface area contributed by atoms with Crippen LogP contribution >= 0.6 is 0 Å². The summed E-state index contributed by atoms with van der Waals surface area (Å²) in [4.78, 5) is 28.0. The van der Waals surface area contributed by atoms with Gasteiger partial charge < -0.3 is 14.5 Å². The number of halogens is 2. The van der Waals surface area contributed by atoms with Gasteiger partial charge in [-0.15, -0.1) is 0 Å². The van der Waals surface area contributed by atoms with Crippen molar-refractivity contribution in [2.24, 2.45) is 0 Å². The van der Waals surface area contributed by atoms with Crippen molar-refractivity contribution in [2.45, 2.75) is 75.2 Å². The fourth-order valence-electron chi connectivity index (χ4n) is 8.61. The van der Waals surface area contributed by atoms with Crippen molar-refractivity contribution in [1.82, 2.24) is 19.8 Å². The number of carbonyl (C=O) groups is 1. The number of carbonyl (C=O) groups excluding carboxylic acids is 1. The lowest BCUT2D eigenvalue weighted by atomic mass is 9.85. The van der Waals surface area contributed by atoms with E-state index in [1.807, 2.05) is 23.1 Å². The second-order valence-corrected chi connectivity index (χ2v) is 13.0. The molecule has 2 aromatic carbocycles. The summed E-state index contributed by atoms with van der Waals surface area (Å²) in [6.07, 6.45) is 9.56. The zero-order valence-corrected chi connectivity index (χ0v) is 24.4. The third-order valence-electron chi connectivity index (χ3n) is 10.7. The van der Waals surface area contributed by atoms with Gasteiger partial charge in [0.2, 0.25) is 5.91 Å². The molecule has 5 heterocycles. The lowest BCUT2D eigenvalue weighted by Gasteiger charge is -2.48. The average Bonchev–Trinajstić information content (AvgIpc) is 3.65. The van der Waals surface area contributed by atoms with Crippen LogP contribution in [0.25, 0.3) is 22.0 Å². The highest BCUT2D eigenvalue weighted by atomic mass is 19.1. The Labute approximate surface area is 250 Å². The van der Waals surface area contributed by atoms with E-state index in [0.717, 1.165) is 57.1 Å². The van der Waals surface area contributed by atoms with E-state index in [-0.39, 0.29) is 35.4 Å². The number of amides is 1.